The molecule has 1 rings (SSSR count). The van der Waals surface area contributed by atoms with Gasteiger partial charge in [0.15, 0.2) is 0 Å². The molecule has 0 N–H and O–H groups in total. The van der Waals surface area contributed by atoms with Gasteiger partial charge in [0.25, 0.3) is 0 Å². The molecule has 0 spiro atoms. The van der Waals surface area contributed by atoms with Crippen LogP contribution >= 0.6 is 23.2 Å². The van der Waals surface area contributed by atoms with Crippen LogP contribution in [-0.4, -0.2) is 0 Å². The molecule has 1 aromatic carbocycles. The van der Waals surface area contributed by atoms with Crippen molar-refractivity contribution in [3.63, 3.8) is 0 Å². The molecule has 0 nitrogen and oxygen atoms in total. The molecule has 0 fully saturated rings. The average molecular weight is 283 g/mol. The molecule has 0 aromatic heterocycles. The zero-order valence-corrected chi connectivity index (χ0v) is 12.9. The van der Waals surface area contributed by atoms with Gasteiger partial charge < -0.3 is 0 Å². The Kier molecular flexibility index (Phi) is 9.45. The molecule has 0 bridgehead atoms. The van der Waals surface area contributed by atoms with Gasteiger partial charge >= 0.3 is 0 Å². The van der Waals surface area contributed by atoms with Crippen LogP contribution in [-0.2, 0) is 0 Å². The summed E-state index contributed by atoms with van der Waals surface area (Å²) in [6.45, 7) is 7.88. The number of allylic oxidation sites excluding steroid dienone is 5. The second kappa shape index (κ2) is 9.99. The Balaban J connectivity index is 0.00000137. The number of aryl methyl sites for hydroxylation is 1. The maximum Gasteiger partial charge on any atom is 0.0412 e. The number of hydrogen-bond donors (Lipinski definition) is 0. The SMILES string of the molecule is CC.C\C(Cl)=C/C=C\C(Cl)=C\c1ccccc1C. The Morgan fingerprint density at radius 2 is 1.72 bits per heavy atom. The summed E-state index contributed by atoms with van der Waals surface area (Å²) in [5, 5.41) is 1.42. The first-order chi connectivity index (χ1) is 8.59. The second-order valence-corrected chi connectivity index (χ2v) is 4.53. The van der Waals surface area contributed by atoms with Crippen molar-refractivity contribution in [1.29, 1.82) is 0 Å². The maximum atomic E-state index is 6.07. The summed E-state index contributed by atoms with van der Waals surface area (Å²) in [7, 11) is 0. The molecule has 0 heterocycles. The van der Waals surface area contributed by atoms with E-state index in [-0.39, 0.29) is 0 Å². The fourth-order valence-corrected chi connectivity index (χ4v) is 1.48. The van der Waals surface area contributed by atoms with Crippen LogP contribution < -0.4 is 0 Å². The zero-order valence-electron chi connectivity index (χ0n) is 11.4. The van der Waals surface area contributed by atoms with Crippen LogP contribution in [0.4, 0.5) is 0 Å². The van der Waals surface area contributed by atoms with Gasteiger partial charge in [0.2, 0.25) is 0 Å². The number of hydrogen-bond acceptors (Lipinski definition) is 0. The molecule has 1 aromatic rings. The van der Waals surface area contributed by atoms with Gasteiger partial charge in [-0.3, -0.25) is 0 Å². The van der Waals surface area contributed by atoms with Crippen molar-refractivity contribution in [2.45, 2.75) is 27.7 Å². The van der Waals surface area contributed by atoms with Crippen LogP contribution in [0, 0.1) is 6.92 Å². The van der Waals surface area contributed by atoms with Gasteiger partial charge in [-0.25, -0.2) is 0 Å². The van der Waals surface area contributed by atoms with Crippen molar-refractivity contribution in [2.75, 3.05) is 0 Å². The van der Waals surface area contributed by atoms with Crippen LogP contribution in [0.1, 0.15) is 31.9 Å². The van der Waals surface area contributed by atoms with Crippen LogP contribution in [0.25, 0.3) is 6.08 Å². The van der Waals surface area contributed by atoms with E-state index in [4.69, 9.17) is 23.2 Å². The summed E-state index contributed by atoms with van der Waals surface area (Å²) in [6.07, 6.45) is 7.39. The molecule has 18 heavy (non-hydrogen) atoms. The van der Waals surface area contributed by atoms with Crippen molar-refractivity contribution in [2.24, 2.45) is 0 Å². The summed E-state index contributed by atoms with van der Waals surface area (Å²) < 4.78 is 0. The van der Waals surface area contributed by atoms with Gasteiger partial charge in [-0.15, -0.1) is 0 Å². The molecule has 0 saturated heterocycles. The summed E-state index contributed by atoms with van der Waals surface area (Å²) in [5.41, 5.74) is 2.34. The first-order valence-electron chi connectivity index (χ1n) is 6.03. The Bertz CT molecular complexity index is 436. The third-order valence-corrected chi connectivity index (χ3v) is 2.42. The summed E-state index contributed by atoms with van der Waals surface area (Å²) >= 11 is 11.8. The topological polar surface area (TPSA) is 0 Å². The van der Waals surface area contributed by atoms with E-state index in [0.717, 1.165) is 10.6 Å². The minimum atomic E-state index is 0.684. The summed E-state index contributed by atoms with van der Waals surface area (Å²) in [5.74, 6) is 0. The van der Waals surface area contributed by atoms with Crippen molar-refractivity contribution in [3.8, 4) is 0 Å². The predicted octanol–water partition coefficient (Wildman–Crippen LogP) is 6.30. The van der Waals surface area contributed by atoms with Crippen molar-refractivity contribution in [1.82, 2.24) is 0 Å². The van der Waals surface area contributed by atoms with Gasteiger partial charge in [0, 0.05) is 10.1 Å². The molecule has 0 aliphatic rings. The fraction of sp³-hybridized carbons (Fsp3) is 0.250. The highest BCUT2D eigenvalue weighted by Crippen LogP contribution is 2.15. The largest absolute Gasteiger partial charge is 0.0895 e. The van der Waals surface area contributed by atoms with E-state index in [1.165, 1.54) is 5.56 Å². The highest BCUT2D eigenvalue weighted by molar-refractivity contribution is 6.33. The van der Waals surface area contributed by atoms with Crippen LogP contribution in [0.15, 0.2) is 52.6 Å². The average Bonchev–Trinajstić information content (AvgIpc) is 2.34. The van der Waals surface area contributed by atoms with Crippen molar-refractivity contribution in [3.05, 3.63) is 63.7 Å². The molecule has 0 amide bonds. The number of halogens is 2. The van der Waals surface area contributed by atoms with E-state index in [9.17, 15) is 0 Å². The van der Waals surface area contributed by atoms with Crippen LogP contribution in [0.5, 0.6) is 0 Å². The Hall–Kier alpha value is -0.980. The van der Waals surface area contributed by atoms with Gasteiger partial charge in [0.1, 0.15) is 0 Å². The van der Waals surface area contributed by atoms with Crippen molar-refractivity contribution >= 4 is 29.3 Å². The highest BCUT2D eigenvalue weighted by Gasteiger charge is 1.93. The molecule has 2 heteroatoms. The molecule has 0 aliphatic carbocycles. The lowest BCUT2D eigenvalue weighted by Crippen LogP contribution is -1.78. The number of benzene rings is 1. The lowest BCUT2D eigenvalue weighted by molar-refractivity contribution is 1.44. The first-order valence-corrected chi connectivity index (χ1v) is 6.78. The third-order valence-electron chi connectivity index (χ3n) is 2.06. The molecular weight excluding hydrogens is 263 g/mol. The fourth-order valence-electron chi connectivity index (χ4n) is 1.22. The third kappa shape index (κ3) is 7.37. The number of rotatable bonds is 3. The molecule has 0 unspecified atom stereocenters. The summed E-state index contributed by atoms with van der Waals surface area (Å²) in [4.78, 5) is 0. The molecule has 0 saturated carbocycles. The molecule has 0 atom stereocenters. The Morgan fingerprint density at radius 3 is 2.28 bits per heavy atom. The van der Waals surface area contributed by atoms with Gasteiger partial charge in [-0.2, -0.15) is 0 Å². The minimum Gasteiger partial charge on any atom is -0.0895 e. The van der Waals surface area contributed by atoms with E-state index in [1.807, 2.05) is 57.2 Å². The molecule has 0 radical (unpaired) electrons. The molecule has 98 valence electrons. The quantitative estimate of drug-likeness (QED) is 0.571. The standard InChI is InChI=1S/C14H14Cl2.C2H6/c1-11-6-3-4-8-13(11)10-14(16)9-5-7-12(2)15;1-2/h3-10H,1-2H3;1-2H3/b9-5-,12-7+,14-10-;. The molecular formula is C16H20Cl2. The van der Waals surface area contributed by atoms with Gasteiger partial charge in [0.05, 0.1) is 0 Å². The second-order valence-electron chi connectivity index (χ2n) is 3.50. The predicted molar refractivity (Wildman–Crippen MR) is 85.1 cm³/mol. The zero-order chi connectivity index (χ0) is 14.0. The van der Waals surface area contributed by atoms with E-state index in [2.05, 4.69) is 13.0 Å². The van der Waals surface area contributed by atoms with Gasteiger partial charge in [-0.05, 0) is 43.2 Å². The van der Waals surface area contributed by atoms with E-state index in [0.29, 0.717) is 5.03 Å². The van der Waals surface area contributed by atoms with E-state index >= 15 is 0 Å². The van der Waals surface area contributed by atoms with Crippen molar-refractivity contribution < 1.29 is 0 Å². The van der Waals surface area contributed by atoms with Crippen LogP contribution in [0.2, 0.25) is 0 Å². The highest BCUT2D eigenvalue weighted by atomic mass is 35.5. The molecule has 0 aliphatic heterocycles. The first kappa shape index (κ1) is 17.0. The lowest BCUT2D eigenvalue weighted by atomic mass is 10.1. The smallest absolute Gasteiger partial charge is 0.0412 e. The van der Waals surface area contributed by atoms with Crippen LogP contribution in [0.3, 0.4) is 0 Å². The maximum absolute atomic E-state index is 6.07. The normalized spacial score (nSPS) is 12.3. The summed E-state index contributed by atoms with van der Waals surface area (Å²) in [6, 6.07) is 8.10. The van der Waals surface area contributed by atoms with E-state index < -0.39 is 0 Å². The minimum absolute atomic E-state index is 0.684. The Morgan fingerprint density at radius 1 is 1.11 bits per heavy atom. The Labute approximate surface area is 121 Å². The van der Waals surface area contributed by atoms with Gasteiger partial charge in [-0.1, -0.05) is 67.4 Å². The lowest BCUT2D eigenvalue weighted by Gasteiger charge is -1.98. The van der Waals surface area contributed by atoms with E-state index in [1.54, 1.807) is 6.08 Å². The monoisotopic (exact) mass is 282 g/mol.